The number of carbonyl (C=O) groups is 1. The molecule has 1 aromatic rings. The fourth-order valence-electron chi connectivity index (χ4n) is 3.03. The summed E-state index contributed by atoms with van der Waals surface area (Å²) in [7, 11) is 1.82. The van der Waals surface area contributed by atoms with Gasteiger partial charge in [-0.05, 0) is 25.3 Å². The van der Waals surface area contributed by atoms with Gasteiger partial charge in [0.15, 0.2) is 5.96 Å². The number of piperazine rings is 1. The molecule has 0 atom stereocenters. The van der Waals surface area contributed by atoms with Gasteiger partial charge in [0, 0.05) is 52.0 Å². The number of rotatable bonds is 6. The lowest BCUT2D eigenvalue weighted by Crippen LogP contribution is -2.54. The third kappa shape index (κ3) is 5.45. The number of nitrogens with one attached hydrogen (secondary N) is 2. The number of aromatic nitrogens is 2. The van der Waals surface area contributed by atoms with E-state index in [-0.39, 0.29) is 5.91 Å². The lowest BCUT2D eigenvalue weighted by molar-refractivity contribution is -0.122. The van der Waals surface area contributed by atoms with Crippen LogP contribution in [-0.4, -0.2) is 83.8 Å². The van der Waals surface area contributed by atoms with Gasteiger partial charge in [-0.3, -0.25) is 19.4 Å². The van der Waals surface area contributed by atoms with Gasteiger partial charge in [0.05, 0.1) is 19.3 Å². The van der Waals surface area contributed by atoms with Crippen LogP contribution in [0.2, 0.25) is 0 Å². The third-order valence-electron chi connectivity index (χ3n) is 4.58. The van der Waals surface area contributed by atoms with Crippen molar-refractivity contribution in [1.29, 1.82) is 0 Å². The molecular formula is C17H29N7O. The van der Waals surface area contributed by atoms with Gasteiger partial charge < -0.3 is 15.5 Å². The zero-order valence-corrected chi connectivity index (χ0v) is 15.2. The van der Waals surface area contributed by atoms with Crippen LogP contribution >= 0.6 is 0 Å². The first-order chi connectivity index (χ1) is 12.1. The molecule has 0 aromatic carbocycles. The monoisotopic (exact) mass is 347 g/mol. The van der Waals surface area contributed by atoms with Gasteiger partial charge in [0.2, 0.25) is 5.91 Å². The summed E-state index contributed by atoms with van der Waals surface area (Å²) >= 11 is 0. The topological polar surface area (TPSA) is 77.8 Å². The minimum absolute atomic E-state index is 0.160. The minimum Gasteiger partial charge on any atom is -0.354 e. The second-order valence-electron chi connectivity index (χ2n) is 6.86. The van der Waals surface area contributed by atoms with E-state index >= 15 is 0 Å². The van der Waals surface area contributed by atoms with E-state index < -0.39 is 0 Å². The number of amides is 1. The molecule has 0 radical (unpaired) electrons. The first-order valence-electron chi connectivity index (χ1n) is 9.10. The molecule has 1 saturated carbocycles. The molecule has 2 fully saturated rings. The van der Waals surface area contributed by atoms with Crippen molar-refractivity contribution in [3.8, 4) is 0 Å². The van der Waals surface area contributed by atoms with Crippen molar-refractivity contribution in [3.63, 3.8) is 0 Å². The van der Waals surface area contributed by atoms with Crippen LogP contribution in [0.4, 0.5) is 0 Å². The molecule has 1 aliphatic heterocycles. The predicted octanol–water partition coefficient (Wildman–Crippen LogP) is -0.337. The van der Waals surface area contributed by atoms with E-state index in [1.54, 1.807) is 0 Å². The Kier molecular flexibility index (Phi) is 5.91. The zero-order valence-electron chi connectivity index (χ0n) is 15.2. The Labute approximate surface area is 149 Å². The molecule has 8 heteroatoms. The maximum absolute atomic E-state index is 11.9. The molecule has 138 valence electrons. The Hall–Kier alpha value is -2.09. The largest absolute Gasteiger partial charge is 0.354 e. The van der Waals surface area contributed by atoms with Crippen LogP contribution in [0, 0.1) is 6.92 Å². The molecule has 0 bridgehead atoms. The number of nitrogens with zero attached hydrogens (tertiary/aromatic N) is 5. The minimum atomic E-state index is 0.160. The summed E-state index contributed by atoms with van der Waals surface area (Å²) in [5.41, 5.74) is 1.17. The highest BCUT2D eigenvalue weighted by Gasteiger charge is 2.25. The van der Waals surface area contributed by atoms with Crippen molar-refractivity contribution in [2.75, 3.05) is 46.3 Å². The Morgan fingerprint density at radius 1 is 1.32 bits per heavy atom. The smallest absolute Gasteiger partial charge is 0.234 e. The predicted molar refractivity (Wildman–Crippen MR) is 97.5 cm³/mol. The van der Waals surface area contributed by atoms with Gasteiger partial charge >= 0.3 is 0 Å². The van der Waals surface area contributed by atoms with Crippen molar-refractivity contribution in [2.45, 2.75) is 32.4 Å². The highest BCUT2D eigenvalue weighted by Crippen LogP contribution is 2.18. The third-order valence-corrected chi connectivity index (χ3v) is 4.58. The van der Waals surface area contributed by atoms with Gasteiger partial charge in [0.1, 0.15) is 0 Å². The number of hydrogen-bond donors (Lipinski definition) is 2. The average Bonchev–Trinajstić information content (AvgIpc) is 3.31. The van der Waals surface area contributed by atoms with Gasteiger partial charge in [0.25, 0.3) is 0 Å². The molecule has 2 heterocycles. The standard InChI is InChI=1S/C17H29N7O/c1-14-11-20-24(12-14)6-5-19-17(18-2)23-9-7-22(8-10-23)13-16(25)21-15-3-4-15/h11-12,15H,3-10,13H2,1-2H3,(H,18,19)(H,21,25). The number of aliphatic imine (C=N–C) groups is 1. The molecular weight excluding hydrogens is 318 g/mol. The van der Waals surface area contributed by atoms with Gasteiger partial charge in [-0.25, -0.2) is 0 Å². The Morgan fingerprint density at radius 3 is 2.68 bits per heavy atom. The zero-order chi connectivity index (χ0) is 17.6. The Morgan fingerprint density at radius 2 is 2.08 bits per heavy atom. The van der Waals surface area contributed by atoms with Crippen molar-refractivity contribution < 1.29 is 4.79 Å². The molecule has 1 aromatic heterocycles. The number of aryl methyl sites for hydroxylation is 1. The second kappa shape index (κ2) is 8.33. The fourth-order valence-corrected chi connectivity index (χ4v) is 3.03. The van der Waals surface area contributed by atoms with Crippen molar-refractivity contribution in [2.24, 2.45) is 4.99 Å². The summed E-state index contributed by atoms with van der Waals surface area (Å²) in [6, 6.07) is 0.440. The molecule has 3 rings (SSSR count). The van der Waals surface area contributed by atoms with E-state index in [1.165, 1.54) is 5.56 Å². The first kappa shape index (κ1) is 17.7. The Bertz CT molecular complexity index is 600. The van der Waals surface area contributed by atoms with Crippen LogP contribution in [0.1, 0.15) is 18.4 Å². The quantitative estimate of drug-likeness (QED) is 0.544. The molecule has 1 aliphatic carbocycles. The summed E-state index contributed by atoms with van der Waals surface area (Å²) in [6.45, 7) is 7.70. The maximum Gasteiger partial charge on any atom is 0.234 e. The maximum atomic E-state index is 11.9. The molecule has 0 spiro atoms. The molecule has 1 saturated heterocycles. The van der Waals surface area contributed by atoms with E-state index in [0.717, 1.165) is 58.1 Å². The molecule has 0 unspecified atom stereocenters. The van der Waals surface area contributed by atoms with Crippen molar-refractivity contribution in [1.82, 2.24) is 30.2 Å². The molecule has 1 amide bonds. The molecule has 2 aliphatic rings. The first-order valence-corrected chi connectivity index (χ1v) is 9.10. The van der Waals surface area contributed by atoms with Crippen LogP contribution in [0.5, 0.6) is 0 Å². The van der Waals surface area contributed by atoms with Gasteiger partial charge in [-0.2, -0.15) is 5.10 Å². The highest BCUT2D eigenvalue weighted by molar-refractivity contribution is 5.80. The lowest BCUT2D eigenvalue weighted by Gasteiger charge is -2.36. The summed E-state index contributed by atoms with van der Waals surface area (Å²) in [5.74, 6) is 1.08. The highest BCUT2D eigenvalue weighted by atomic mass is 16.2. The van der Waals surface area contributed by atoms with Gasteiger partial charge in [-0.1, -0.05) is 0 Å². The van der Waals surface area contributed by atoms with Crippen LogP contribution in [0.3, 0.4) is 0 Å². The summed E-state index contributed by atoms with van der Waals surface area (Å²) in [4.78, 5) is 20.8. The molecule has 8 nitrogen and oxygen atoms in total. The van der Waals surface area contributed by atoms with Crippen LogP contribution in [0.25, 0.3) is 0 Å². The van der Waals surface area contributed by atoms with Crippen LogP contribution in [-0.2, 0) is 11.3 Å². The van der Waals surface area contributed by atoms with E-state index in [1.807, 2.05) is 31.0 Å². The average molecular weight is 347 g/mol. The number of carbonyl (C=O) groups excluding carboxylic acids is 1. The lowest BCUT2D eigenvalue weighted by atomic mass is 10.3. The van der Waals surface area contributed by atoms with E-state index in [0.29, 0.717) is 12.6 Å². The van der Waals surface area contributed by atoms with E-state index in [2.05, 4.69) is 30.5 Å². The van der Waals surface area contributed by atoms with Crippen molar-refractivity contribution >= 4 is 11.9 Å². The molecule has 25 heavy (non-hydrogen) atoms. The van der Waals surface area contributed by atoms with E-state index in [4.69, 9.17) is 0 Å². The van der Waals surface area contributed by atoms with Crippen LogP contribution in [0.15, 0.2) is 17.4 Å². The Balaban J connectivity index is 1.37. The van der Waals surface area contributed by atoms with E-state index in [9.17, 15) is 4.79 Å². The van der Waals surface area contributed by atoms with Crippen LogP contribution < -0.4 is 10.6 Å². The summed E-state index contributed by atoms with van der Waals surface area (Å²) in [6.07, 6.45) is 6.18. The van der Waals surface area contributed by atoms with Gasteiger partial charge in [-0.15, -0.1) is 0 Å². The van der Waals surface area contributed by atoms with Crippen molar-refractivity contribution in [3.05, 3.63) is 18.0 Å². The number of guanidine groups is 1. The fraction of sp³-hybridized carbons (Fsp3) is 0.706. The summed E-state index contributed by atoms with van der Waals surface area (Å²) in [5, 5.41) is 10.7. The summed E-state index contributed by atoms with van der Waals surface area (Å²) < 4.78 is 1.94. The SMILES string of the molecule is CN=C(NCCn1cc(C)cn1)N1CCN(CC(=O)NC2CC2)CC1. The normalized spacial score (nSPS) is 19.1. The second-order valence-corrected chi connectivity index (χ2v) is 6.86. The number of hydrogen-bond acceptors (Lipinski definition) is 4. The molecule has 2 N–H and O–H groups in total.